The molecule has 92 valence electrons. The maximum atomic E-state index is 4.64. The minimum absolute atomic E-state index is 0.893. The second kappa shape index (κ2) is 5.17. The number of rotatable bonds is 4. The molecule has 0 saturated heterocycles. The first-order valence-electron chi connectivity index (χ1n) is 5.56. The van der Waals surface area contributed by atoms with E-state index in [0.717, 1.165) is 28.1 Å². The summed E-state index contributed by atoms with van der Waals surface area (Å²) in [5.41, 5.74) is 1.92. The van der Waals surface area contributed by atoms with E-state index in [4.69, 9.17) is 0 Å². The summed E-state index contributed by atoms with van der Waals surface area (Å²) in [6, 6.07) is 4.14. The third-order valence-corrected chi connectivity index (χ3v) is 5.01. The van der Waals surface area contributed by atoms with Crippen molar-refractivity contribution in [2.45, 2.75) is 6.92 Å². The average Bonchev–Trinajstić information content (AvgIpc) is 3.10. The molecule has 0 radical (unpaired) electrons. The van der Waals surface area contributed by atoms with Gasteiger partial charge in [-0.1, -0.05) is 6.07 Å². The molecule has 0 saturated carbocycles. The molecule has 0 aliphatic carbocycles. The molecule has 6 heteroatoms. The van der Waals surface area contributed by atoms with Gasteiger partial charge in [-0.3, -0.25) is 0 Å². The van der Waals surface area contributed by atoms with Gasteiger partial charge in [0.1, 0.15) is 16.4 Å². The summed E-state index contributed by atoms with van der Waals surface area (Å²) in [7, 11) is 0. The van der Waals surface area contributed by atoms with E-state index in [-0.39, 0.29) is 0 Å². The molecule has 0 aromatic carbocycles. The zero-order chi connectivity index (χ0) is 12.4. The lowest BCUT2D eigenvalue weighted by molar-refractivity contribution is 1.19. The van der Waals surface area contributed by atoms with Crippen LogP contribution in [-0.2, 0) is 0 Å². The summed E-state index contributed by atoms with van der Waals surface area (Å²) in [4.78, 5) is 10.4. The van der Waals surface area contributed by atoms with Crippen LogP contribution in [0.1, 0.15) is 6.92 Å². The van der Waals surface area contributed by atoms with Gasteiger partial charge in [0.15, 0.2) is 5.13 Å². The number of nitrogens with zero attached hydrogens (tertiary/aromatic N) is 2. The van der Waals surface area contributed by atoms with Crippen LogP contribution < -0.4 is 5.32 Å². The van der Waals surface area contributed by atoms with Crippen molar-refractivity contribution in [2.75, 3.05) is 11.9 Å². The van der Waals surface area contributed by atoms with Gasteiger partial charge in [-0.2, -0.15) is 0 Å². The van der Waals surface area contributed by atoms with Crippen molar-refractivity contribution < 1.29 is 0 Å². The van der Waals surface area contributed by atoms with Gasteiger partial charge in [-0.15, -0.1) is 34.0 Å². The van der Waals surface area contributed by atoms with Crippen LogP contribution in [0.2, 0.25) is 0 Å². The number of hydrogen-bond donors (Lipinski definition) is 1. The van der Waals surface area contributed by atoms with Gasteiger partial charge in [0, 0.05) is 17.3 Å². The van der Waals surface area contributed by atoms with Crippen molar-refractivity contribution >= 4 is 39.1 Å². The third kappa shape index (κ3) is 2.31. The zero-order valence-corrected chi connectivity index (χ0v) is 12.2. The fraction of sp³-hybridized carbons (Fsp3) is 0.167. The summed E-state index contributed by atoms with van der Waals surface area (Å²) in [5.74, 6) is 0. The first-order valence-corrected chi connectivity index (χ1v) is 8.20. The molecule has 0 aliphatic heterocycles. The maximum Gasteiger partial charge on any atom is 0.183 e. The van der Waals surface area contributed by atoms with E-state index >= 15 is 0 Å². The van der Waals surface area contributed by atoms with Gasteiger partial charge in [-0.25, -0.2) is 9.97 Å². The normalized spacial score (nSPS) is 10.7. The van der Waals surface area contributed by atoms with Gasteiger partial charge >= 0.3 is 0 Å². The van der Waals surface area contributed by atoms with Crippen molar-refractivity contribution in [1.29, 1.82) is 0 Å². The monoisotopic (exact) mass is 293 g/mol. The molecule has 0 spiro atoms. The first-order chi connectivity index (χ1) is 8.86. The predicted octanol–water partition coefficient (Wildman–Crippen LogP) is 4.43. The van der Waals surface area contributed by atoms with Crippen molar-refractivity contribution in [3.63, 3.8) is 0 Å². The average molecular weight is 293 g/mol. The van der Waals surface area contributed by atoms with Crippen molar-refractivity contribution in [2.24, 2.45) is 0 Å². The first kappa shape index (κ1) is 11.8. The van der Waals surface area contributed by atoms with Gasteiger partial charge in [0.2, 0.25) is 0 Å². The Morgan fingerprint density at radius 2 is 1.94 bits per heavy atom. The fourth-order valence-electron chi connectivity index (χ4n) is 1.53. The lowest BCUT2D eigenvalue weighted by Gasteiger charge is -1.93. The van der Waals surface area contributed by atoms with Crippen LogP contribution in [-0.4, -0.2) is 16.5 Å². The molecule has 3 aromatic rings. The Bertz CT molecular complexity index is 625. The molecule has 3 nitrogen and oxygen atoms in total. The van der Waals surface area contributed by atoms with Crippen molar-refractivity contribution in [1.82, 2.24) is 9.97 Å². The number of aromatic nitrogens is 2. The van der Waals surface area contributed by atoms with E-state index in [1.165, 1.54) is 4.88 Å². The number of thiophene rings is 1. The molecular weight excluding hydrogens is 282 g/mol. The van der Waals surface area contributed by atoms with Crippen molar-refractivity contribution in [3.05, 3.63) is 28.3 Å². The molecule has 3 rings (SSSR count). The molecular formula is C12H11N3S3. The Labute approximate surface area is 117 Å². The highest BCUT2D eigenvalue weighted by atomic mass is 32.1. The van der Waals surface area contributed by atoms with E-state index in [0.29, 0.717) is 0 Å². The maximum absolute atomic E-state index is 4.64. The number of nitrogens with one attached hydrogen (secondary N) is 1. The summed E-state index contributed by atoms with van der Waals surface area (Å²) in [6.45, 7) is 2.96. The third-order valence-electron chi connectivity index (χ3n) is 2.33. The van der Waals surface area contributed by atoms with E-state index in [1.807, 2.05) is 11.4 Å². The highest BCUT2D eigenvalue weighted by Crippen LogP contribution is 2.32. The smallest absolute Gasteiger partial charge is 0.183 e. The summed E-state index contributed by atoms with van der Waals surface area (Å²) in [6.07, 6.45) is 0. The van der Waals surface area contributed by atoms with Crippen LogP contribution in [0.15, 0.2) is 28.3 Å². The molecule has 0 fully saturated rings. The number of thiazole rings is 2. The topological polar surface area (TPSA) is 37.8 Å². The van der Waals surface area contributed by atoms with Crippen LogP contribution in [0.5, 0.6) is 0 Å². The molecule has 1 N–H and O–H groups in total. The summed E-state index contributed by atoms with van der Waals surface area (Å²) >= 11 is 5.00. The Balaban J connectivity index is 1.88. The van der Waals surface area contributed by atoms with Crippen LogP contribution >= 0.6 is 34.0 Å². The molecule has 0 amide bonds. The largest absolute Gasteiger partial charge is 0.362 e. The Morgan fingerprint density at radius 3 is 2.72 bits per heavy atom. The molecule has 0 bridgehead atoms. The van der Waals surface area contributed by atoms with Gasteiger partial charge in [0.25, 0.3) is 0 Å². The Kier molecular flexibility index (Phi) is 3.40. The molecule has 0 aliphatic rings. The Morgan fingerprint density at radius 1 is 1.11 bits per heavy atom. The minimum atomic E-state index is 0.893. The second-order valence-electron chi connectivity index (χ2n) is 3.58. The minimum Gasteiger partial charge on any atom is -0.362 e. The van der Waals surface area contributed by atoms with Gasteiger partial charge < -0.3 is 5.32 Å². The van der Waals surface area contributed by atoms with Gasteiger partial charge in [-0.05, 0) is 18.4 Å². The van der Waals surface area contributed by atoms with Crippen molar-refractivity contribution in [3.8, 4) is 21.3 Å². The quantitative estimate of drug-likeness (QED) is 0.773. The van der Waals surface area contributed by atoms with Crippen LogP contribution in [0.25, 0.3) is 21.3 Å². The zero-order valence-electron chi connectivity index (χ0n) is 9.71. The Hall–Kier alpha value is -1.24. The van der Waals surface area contributed by atoms with E-state index < -0.39 is 0 Å². The molecule has 0 unspecified atom stereocenters. The number of anilines is 1. The standard InChI is InChI=1S/C12H11N3S3/c1-2-13-12-15-9(7-18-12)8-6-17-11(14-8)10-4-3-5-16-10/h3-7H,2H2,1H3,(H,13,15). The second-order valence-corrected chi connectivity index (χ2v) is 6.25. The van der Waals surface area contributed by atoms with Crippen LogP contribution in [0.4, 0.5) is 5.13 Å². The lowest BCUT2D eigenvalue weighted by atomic mass is 10.4. The van der Waals surface area contributed by atoms with Crippen LogP contribution in [0, 0.1) is 0 Å². The van der Waals surface area contributed by atoms with E-state index in [2.05, 4.69) is 39.0 Å². The molecule has 3 aromatic heterocycles. The molecule has 0 atom stereocenters. The van der Waals surface area contributed by atoms with E-state index in [9.17, 15) is 0 Å². The fourth-order valence-corrected chi connectivity index (χ4v) is 3.93. The highest BCUT2D eigenvalue weighted by Gasteiger charge is 2.10. The van der Waals surface area contributed by atoms with Gasteiger partial charge in [0.05, 0.1) is 4.88 Å². The summed E-state index contributed by atoms with van der Waals surface area (Å²) in [5, 5.41) is 11.4. The molecule has 3 heterocycles. The molecule has 18 heavy (non-hydrogen) atoms. The van der Waals surface area contributed by atoms with E-state index in [1.54, 1.807) is 34.0 Å². The predicted molar refractivity (Wildman–Crippen MR) is 80.7 cm³/mol. The van der Waals surface area contributed by atoms with Crippen LogP contribution in [0.3, 0.4) is 0 Å². The lowest BCUT2D eigenvalue weighted by Crippen LogP contribution is -1.94. The number of hydrogen-bond acceptors (Lipinski definition) is 6. The SMILES string of the molecule is CCNc1nc(-c2csc(-c3cccs3)n2)cs1. The summed E-state index contributed by atoms with van der Waals surface area (Å²) < 4.78 is 0. The highest BCUT2D eigenvalue weighted by molar-refractivity contribution is 7.20.